The van der Waals surface area contributed by atoms with E-state index >= 15 is 0 Å². The first-order chi connectivity index (χ1) is 9.08. The Morgan fingerprint density at radius 1 is 1.37 bits per heavy atom. The number of amides is 1. The van der Waals surface area contributed by atoms with E-state index in [0.717, 1.165) is 13.1 Å². The lowest BCUT2D eigenvalue weighted by Gasteiger charge is -2.17. The third kappa shape index (κ3) is 3.49. The quantitative estimate of drug-likeness (QED) is 0.854. The molecule has 0 aliphatic carbocycles. The molecule has 0 saturated carbocycles. The Hall–Kier alpha value is -1.51. The largest absolute Gasteiger partial charge is 0.384 e. The number of anilines is 1. The van der Waals surface area contributed by atoms with E-state index in [9.17, 15) is 4.79 Å². The molecule has 1 amide bonds. The van der Waals surface area contributed by atoms with Crippen molar-refractivity contribution in [1.29, 1.82) is 0 Å². The fraction of sp³-hybridized carbons (Fsp3) is 0.562. The highest BCUT2D eigenvalue weighted by Gasteiger charge is 2.24. The van der Waals surface area contributed by atoms with Gasteiger partial charge in [-0.15, -0.1) is 0 Å². The topological polar surface area (TPSA) is 41.1 Å². The smallest absolute Gasteiger partial charge is 0.220 e. The zero-order chi connectivity index (χ0) is 13.8. The highest BCUT2D eigenvalue weighted by atomic mass is 16.1. The average molecular weight is 260 g/mol. The molecule has 3 heteroatoms. The first-order valence-corrected chi connectivity index (χ1v) is 7.17. The molecule has 1 aliphatic rings. The molecule has 1 heterocycles. The maximum atomic E-state index is 12.0. The molecule has 0 radical (unpaired) electrons. The Kier molecular flexibility index (Phi) is 4.46. The number of hydrogen-bond donors (Lipinski definition) is 2. The SMILES string of the molecule is CC(C)C(C)CNC(=O)CC1CNc2ccccc21. The van der Waals surface area contributed by atoms with E-state index in [4.69, 9.17) is 0 Å². The van der Waals surface area contributed by atoms with E-state index in [1.807, 2.05) is 12.1 Å². The third-order valence-corrected chi connectivity index (χ3v) is 4.13. The molecule has 2 N–H and O–H groups in total. The molecule has 0 fully saturated rings. The van der Waals surface area contributed by atoms with Crippen molar-refractivity contribution in [3.63, 3.8) is 0 Å². The summed E-state index contributed by atoms with van der Waals surface area (Å²) in [6.45, 7) is 8.20. The zero-order valence-electron chi connectivity index (χ0n) is 12.1. The molecular formula is C16H24N2O. The van der Waals surface area contributed by atoms with Crippen LogP contribution in [0.5, 0.6) is 0 Å². The second kappa shape index (κ2) is 6.09. The molecule has 19 heavy (non-hydrogen) atoms. The summed E-state index contributed by atoms with van der Waals surface area (Å²) in [5.74, 6) is 1.61. The summed E-state index contributed by atoms with van der Waals surface area (Å²) in [5, 5.41) is 6.41. The summed E-state index contributed by atoms with van der Waals surface area (Å²) >= 11 is 0. The number of rotatable bonds is 5. The Labute approximate surface area is 115 Å². The predicted molar refractivity (Wildman–Crippen MR) is 79.3 cm³/mol. The van der Waals surface area contributed by atoms with Gasteiger partial charge in [-0.25, -0.2) is 0 Å². The van der Waals surface area contributed by atoms with Gasteiger partial charge in [-0.3, -0.25) is 4.79 Å². The molecule has 0 bridgehead atoms. The molecule has 0 aromatic heterocycles. The number of benzene rings is 1. The number of fused-ring (bicyclic) bond motifs is 1. The van der Waals surface area contributed by atoms with Crippen molar-refractivity contribution in [2.24, 2.45) is 11.8 Å². The van der Waals surface area contributed by atoms with Crippen LogP contribution in [-0.2, 0) is 4.79 Å². The molecule has 2 atom stereocenters. The van der Waals surface area contributed by atoms with Crippen LogP contribution in [0.4, 0.5) is 5.69 Å². The van der Waals surface area contributed by atoms with Gasteiger partial charge in [-0.05, 0) is 23.5 Å². The highest BCUT2D eigenvalue weighted by Crippen LogP contribution is 2.32. The minimum atomic E-state index is 0.163. The first-order valence-electron chi connectivity index (χ1n) is 7.17. The fourth-order valence-electron chi connectivity index (χ4n) is 2.35. The molecule has 1 aromatic rings. The van der Waals surface area contributed by atoms with Crippen LogP contribution < -0.4 is 10.6 Å². The van der Waals surface area contributed by atoms with E-state index in [1.54, 1.807) is 0 Å². The van der Waals surface area contributed by atoms with Crippen LogP contribution in [0.2, 0.25) is 0 Å². The first kappa shape index (κ1) is 13.9. The van der Waals surface area contributed by atoms with Gasteiger partial charge in [0.2, 0.25) is 5.91 Å². The molecule has 1 aromatic carbocycles. The summed E-state index contributed by atoms with van der Waals surface area (Å²) in [5.41, 5.74) is 2.45. The molecule has 1 aliphatic heterocycles. The van der Waals surface area contributed by atoms with Crippen molar-refractivity contribution in [1.82, 2.24) is 5.32 Å². The summed E-state index contributed by atoms with van der Waals surface area (Å²) in [6, 6.07) is 8.26. The second-order valence-corrected chi connectivity index (χ2v) is 5.89. The normalized spacial score (nSPS) is 18.8. The van der Waals surface area contributed by atoms with Crippen molar-refractivity contribution < 1.29 is 4.79 Å². The minimum Gasteiger partial charge on any atom is -0.384 e. The number of hydrogen-bond acceptors (Lipinski definition) is 2. The van der Waals surface area contributed by atoms with Gasteiger partial charge in [0.05, 0.1) is 0 Å². The van der Waals surface area contributed by atoms with Gasteiger partial charge < -0.3 is 10.6 Å². The van der Waals surface area contributed by atoms with Crippen LogP contribution in [-0.4, -0.2) is 19.0 Å². The van der Waals surface area contributed by atoms with E-state index < -0.39 is 0 Å². The van der Waals surface area contributed by atoms with Crippen molar-refractivity contribution in [2.75, 3.05) is 18.4 Å². The van der Waals surface area contributed by atoms with E-state index in [-0.39, 0.29) is 5.91 Å². The second-order valence-electron chi connectivity index (χ2n) is 5.89. The lowest BCUT2D eigenvalue weighted by Crippen LogP contribution is -2.31. The monoisotopic (exact) mass is 260 g/mol. The lowest BCUT2D eigenvalue weighted by molar-refractivity contribution is -0.121. The summed E-state index contributed by atoms with van der Waals surface area (Å²) < 4.78 is 0. The Balaban J connectivity index is 1.84. The number of para-hydroxylation sites is 1. The summed E-state index contributed by atoms with van der Waals surface area (Å²) in [4.78, 5) is 12.0. The van der Waals surface area contributed by atoms with Gasteiger partial charge in [0, 0.05) is 31.1 Å². The molecule has 3 nitrogen and oxygen atoms in total. The maximum absolute atomic E-state index is 12.0. The Morgan fingerprint density at radius 3 is 2.84 bits per heavy atom. The number of nitrogens with one attached hydrogen (secondary N) is 2. The minimum absolute atomic E-state index is 0.163. The van der Waals surface area contributed by atoms with Gasteiger partial charge in [-0.2, -0.15) is 0 Å². The van der Waals surface area contributed by atoms with Crippen LogP contribution >= 0.6 is 0 Å². The van der Waals surface area contributed by atoms with E-state index in [2.05, 4.69) is 43.5 Å². The molecule has 0 saturated heterocycles. The van der Waals surface area contributed by atoms with Crippen molar-refractivity contribution in [3.8, 4) is 0 Å². The van der Waals surface area contributed by atoms with Crippen molar-refractivity contribution >= 4 is 11.6 Å². The average Bonchev–Trinajstić information content (AvgIpc) is 2.79. The van der Waals surface area contributed by atoms with Crippen molar-refractivity contribution in [2.45, 2.75) is 33.1 Å². The lowest BCUT2D eigenvalue weighted by atomic mass is 9.96. The molecule has 0 spiro atoms. The number of carbonyl (C=O) groups is 1. The summed E-state index contributed by atoms with van der Waals surface area (Å²) in [6.07, 6.45) is 0.578. The van der Waals surface area contributed by atoms with Gasteiger partial charge in [0.25, 0.3) is 0 Å². The van der Waals surface area contributed by atoms with Crippen LogP contribution in [0.25, 0.3) is 0 Å². The molecular weight excluding hydrogens is 236 g/mol. The van der Waals surface area contributed by atoms with Gasteiger partial charge in [-0.1, -0.05) is 39.0 Å². The van der Waals surface area contributed by atoms with Crippen molar-refractivity contribution in [3.05, 3.63) is 29.8 Å². The fourth-order valence-corrected chi connectivity index (χ4v) is 2.35. The van der Waals surface area contributed by atoms with Gasteiger partial charge in [0.15, 0.2) is 0 Å². The molecule has 104 valence electrons. The standard InChI is InChI=1S/C16H24N2O/c1-11(2)12(3)9-18-16(19)8-13-10-17-15-7-5-4-6-14(13)15/h4-7,11-13,17H,8-10H2,1-3H3,(H,18,19). The summed E-state index contributed by atoms with van der Waals surface area (Å²) in [7, 11) is 0. The van der Waals surface area contributed by atoms with Crippen LogP contribution in [0, 0.1) is 11.8 Å². The third-order valence-electron chi connectivity index (χ3n) is 4.13. The predicted octanol–water partition coefficient (Wildman–Crippen LogP) is 2.99. The Bertz CT molecular complexity index is 442. The van der Waals surface area contributed by atoms with Crippen LogP contribution in [0.3, 0.4) is 0 Å². The molecule has 2 rings (SSSR count). The zero-order valence-corrected chi connectivity index (χ0v) is 12.1. The van der Waals surface area contributed by atoms with E-state index in [0.29, 0.717) is 24.2 Å². The number of carbonyl (C=O) groups excluding carboxylic acids is 1. The van der Waals surface area contributed by atoms with Gasteiger partial charge in [0.1, 0.15) is 0 Å². The van der Waals surface area contributed by atoms with Crippen LogP contribution in [0.15, 0.2) is 24.3 Å². The molecule has 2 unspecified atom stereocenters. The van der Waals surface area contributed by atoms with Gasteiger partial charge >= 0.3 is 0 Å². The van der Waals surface area contributed by atoms with E-state index in [1.165, 1.54) is 11.3 Å². The Morgan fingerprint density at radius 2 is 2.11 bits per heavy atom. The van der Waals surface area contributed by atoms with Crippen LogP contribution in [0.1, 0.15) is 38.7 Å². The highest BCUT2D eigenvalue weighted by molar-refractivity contribution is 5.78. The maximum Gasteiger partial charge on any atom is 0.220 e.